The van der Waals surface area contributed by atoms with Crippen molar-refractivity contribution in [1.82, 2.24) is 4.57 Å². The van der Waals surface area contributed by atoms with Gasteiger partial charge in [0, 0.05) is 27.6 Å². The Labute approximate surface area is 288 Å². The number of para-hydroxylation sites is 3. The van der Waals surface area contributed by atoms with Crippen LogP contribution in [0.15, 0.2) is 163 Å². The molecule has 0 saturated carbocycles. The molecular formula is C43H27NO. The summed E-state index contributed by atoms with van der Waals surface area (Å²) in [4.78, 5) is 0. The Hall–Kier alpha value is -5.86. The number of hydrogen-bond donors (Lipinski definition) is 0. The summed E-state index contributed by atoms with van der Waals surface area (Å²) < 4.78 is 179. The molecule has 0 atom stereocenters. The maximum absolute atomic E-state index is 10.3. The van der Waals surface area contributed by atoms with Gasteiger partial charge in [-0.05, 0) is 75.7 Å². The summed E-state index contributed by atoms with van der Waals surface area (Å²) in [6, 6.07) is -0.255. The van der Waals surface area contributed by atoms with Crippen molar-refractivity contribution >= 4 is 21.8 Å². The molecule has 0 amide bonds. The molecule has 0 unspecified atom stereocenters. The van der Waals surface area contributed by atoms with Gasteiger partial charge in [-0.1, -0.05) is 121 Å². The first-order valence-corrected chi connectivity index (χ1v) is 14.0. The predicted molar refractivity (Wildman–Crippen MR) is 184 cm³/mol. The molecule has 10 rings (SSSR count). The van der Waals surface area contributed by atoms with Gasteiger partial charge < -0.3 is 9.30 Å². The Morgan fingerprint density at radius 3 is 2.00 bits per heavy atom. The molecule has 1 aliphatic heterocycles. The van der Waals surface area contributed by atoms with Gasteiger partial charge in [0.15, 0.2) is 0 Å². The fourth-order valence-electron chi connectivity index (χ4n) is 6.84. The highest BCUT2D eigenvalue weighted by Crippen LogP contribution is 2.62. The monoisotopic (exact) mass is 592 g/mol. The van der Waals surface area contributed by atoms with Crippen molar-refractivity contribution in [1.29, 1.82) is 0 Å². The van der Waals surface area contributed by atoms with Crippen LogP contribution in [0.1, 0.15) is 48.3 Å². The molecule has 1 spiro atoms. The molecule has 0 radical (unpaired) electrons. The predicted octanol–water partition coefficient (Wildman–Crippen LogP) is 10.9. The van der Waals surface area contributed by atoms with Crippen LogP contribution in [0, 0.1) is 0 Å². The van der Waals surface area contributed by atoms with Gasteiger partial charge in [-0.15, -0.1) is 0 Å². The molecule has 0 saturated heterocycles. The minimum Gasteiger partial charge on any atom is -0.457 e. The Morgan fingerprint density at radius 2 is 1.18 bits per heavy atom. The minimum absolute atomic E-state index is 0.106. The van der Waals surface area contributed by atoms with Crippen molar-refractivity contribution in [3.8, 4) is 39.4 Å². The van der Waals surface area contributed by atoms with E-state index in [1.165, 1.54) is 0 Å². The molecule has 2 aliphatic rings. The second-order valence-electron chi connectivity index (χ2n) is 10.6. The van der Waals surface area contributed by atoms with E-state index in [1.807, 2.05) is 0 Å². The molecule has 0 N–H and O–H groups in total. The number of ether oxygens (including phenoxy) is 1. The zero-order valence-electron chi connectivity index (χ0n) is 42.0. The fourth-order valence-corrected chi connectivity index (χ4v) is 6.84. The van der Waals surface area contributed by atoms with Crippen LogP contribution in [0.2, 0.25) is 0 Å². The van der Waals surface area contributed by atoms with Crippen LogP contribution >= 0.6 is 0 Å². The Balaban J connectivity index is 1.48. The van der Waals surface area contributed by atoms with Crippen molar-refractivity contribution in [2.45, 2.75) is 5.41 Å². The first kappa shape index (κ1) is 12.6. The summed E-state index contributed by atoms with van der Waals surface area (Å²) >= 11 is 0. The van der Waals surface area contributed by atoms with Crippen molar-refractivity contribution in [3.63, 3.8) is 0 Å². The van der Waals surface area contributed by atoms with Gasteiger partial charge >= 0.3 is 0 Å². The molecule has 2 heteroatoms. The largest absolute Gasteiger partial charge is 0.457 e. The van der Waals surface area contributed by atoms with Gasteiger partial charge in [-0.25, -0.2) is 0 Å². The molecule has 1 aromatic heterocycles. The summed E-state index contributed by atoms with van der Waals surface area (Å²) in [7, 11) is 0. The van der Waals surface area contributed by atoms with E-state index in [4.69, 9.17) is 21.2 Å². The highest BCUT2D eigenvalue weighted by atomic mass is 16.5. The standard InChI is InChI=1S/C43H27NO/c1-2-13-29(14-3-1)44-38-22-10-6-17-33(38)42-30(18-12-23-39(42)44)28-25-26-41-37(27-28)43(36-21-9-11-24-40(36)45-41)34-19-7-4-15-31(34)32-16-5-8-20-35(32)43/h1-27H/i1D,2D,3D,6D,9D,10D,11D,12D,13D,14D,17D,18D,21D,22D,23D,24D,25D,26D,27D. The first-order valence-electron chi connectivity index (χ1n) is 23.5. The topological polar surface area (TPSA) is 14.2 Å². The molecule has 0 bridgehead atoms. The highest BCUT2D eigenvalue weighted by Gasteiger charge is 2.51. The lowest BCUT2D eigenvalue weighted by molar-refractivity contribution is 0.436. The van der Waals surface area contributed by atoms with E-state index in [0.717, 1.165) is 4.57 Å². The number of rotatable bonds is 2. The van der Waals surface area contributed by atoms with Gasteiger partial charge in [0.1, 0.15) is 11.5 Å². The molecule has 210 valence electrons. The lowest BCUT2D eigenvalue weighted by atomic mass is 9.65. The van der Waals surface area contributed by atoms with Gasteiger partial charge in [0.25, 0.3) is 0 Å². The third-order valence-electron chi connectivity index (χ3n) is 8.52. The number of hydrogen-bond acceptors (Lipinski definition) is 1. The number of fused-ring (bicyclic) bond motifs is 12. The summed E-state index contributed by atoms with van der Waals surface area (Å²) in [5, 5.41) is -0.851. The molecule has 0 fully saturated rings. The zero-order valence-corrected chi connectivity index (χ0v) is 23.0. The van der Waals surface area contributed by atoms with Crippen LogP contribution in [-0.2, 0) is 5.41 Å². The SMILES string of the molecule is [2H]c1c([2H])c([2H])c(-n2c3c([2H])c([2H])c([2H])c([2H])c3c3c(-c4c([2H])c([2H])c5c(c4[2H])C4(c6ccccc6-c6ccccc64)c4c([2H])c([2H])c([2H])c([2H])c4O5)c([2H])c([2H])c([2H])c32)c([2H])c1[2H]. The Bertz CT molecular complexity index is 3470. The van der Waals surface area contributed by atoms with Crippen molar-refractivity contribution < 1.29 is 30.8 Å². The summed E-state index contributed by atoms with van der Waals surface area (Å²) in [6.07, 6.45) is 0. The van der Waals surface area contributed by atoms with E-state index in [1.54, 1.807) is 48.5 Å². The molecule has 1 aliphatic carbocycles. The van der Waals surface area contributed by atoms with Crippen LogP contribution in [0.25, 0.3) is 49.7 Å². The molecule has 8 aromatic rings. The van der Waals surface area contributed by atoms with Gasteiger partial charge in [0.05, 0.1) is 42.5 Å². The van der Waals surface area contributed by atoms with Crippen LogP contribution in [0.3, 0.4) is 0 Å². The maximum Gasteiger partial charge on any atom is 0.132 e. The summed E-state index contributed by atoms with van der Waals surface area (Å²) in [5.74, 6) is -0.768. The summed E-state index contributed by atoms with van der Waals surface area (Å²) in [6.45, 7) is 0. The average molecular weight is 593 g/mol. The highest BCUT2D eigenvalue weighted by molar-refractivity contribution is 6.15. The van der Waals surface area contributed by atoms with Crippen molar-refractivity contribution in [2.75, 3.05) is 0 Å². The molecule has 7 aromatic carbocycles. The van der Waals surface area contributed by atoms with E-state index in [0.29, 0.717) is 22.3 Å². The lowest BCUT2D eigenvalue weighted by Crippen LogP contribution is -2.32. The second-order valence-corrected chi connectivity index (χ2v) is 10.6. The van der Waals surface area contributed by atoms with Crippen LogP contribution in [-0.4, -0.2) is 4.57 Å². The molecule has 2 nitrogen and oxygen atoms in total. The van der Waals surface area contributed by atoms with Crippen LogP contribution in [0.4, 0.5) is 0 Å². The van der Waals surface area contributed by atoms with Gasteiger partial charge in [0.2, 0.25) is 0 Å². The zero-order chi connectivity index (χ0) is 46.1. The van der Waals surface area contributed by atoms with Crippen molar-refractivity contribution in [3.05, 3.63) is 186 Å². The van der Waals surface area contributed by atoms with E-state index in [2.05, 4.69) is 0 Å². The second kappa shape index (κ2) is 9.07. The normalized spacial score (nSPS) is 19.6. The van der Waals surface area contributed by atoms with E-state index in [9.17, 15) is 9.60 Å². The number of benzene rings is 7. The van der Waals surface area contributed by atoms with E-state index < -0.39 is 165 Å². The van der Waals surface area contributed by atoms with E-state index in [-0.39, 0.29) is 16.9 Å². The smallest absolute Gasteiger partial charge is 0.132 e. The quantitative estimate of drug-likeness (QED) is 0.195. The average Bonchev–Trinajstić information content (AvgIpc) is 3.78. The Morgan fingerprint density at radius 1 is 0.511 bits per heavy atom. The Kier molecular flexibility index (Phi) is 2.55. The molecular weight excluding hydrogens is 546 g/mol. The van der Waals surface area contributed by atoms with Crippen LogP contribution in [0.5, 0.6) is 11.5 Å². The minimum atomic E-state index is -1.87. The van der Waals surface area contributed by atoms with Gasteiger partial charge in [-0.2, -0.15) is 0 Å². The maximum atomic E-state index is 10.3. The number of aromatic nitrogens is 1. The lowest BCUT2D eigenvalue weighted by Gasteiger charge is -2.39. The third-order valence-corrected chi connectivity index (χ3v) is 8.52. The van der Waals surface area contributed by atoms with E-state index >= 15 is 0 Å². The first-order chi connectivity index (χ1) is 30.2. The summed E-state index contributed by atoms with van der Waals surface area (Å²) in [5.41, 5.74) is -2.81. The molecule has 45 heavy (non-hydrogen) atoms. The third kappa shape index (κ3) is 3.18. The molecule has 2 heterocycles. The van der Waals surface area contributed by atoms with Gasteiger partial charge in [-0.3, -0.25) is 0 Å². The van der Waals surface area contributed by atoms with Crippen molar-refractivity contribution in [2.24, 2.45) is 0 Å². The number of nitrogens with zero attached hydrogens (tertiary/aromatic N) is 1. The fraction of sp³-hybridized carbons (Fsp3) is 0.0233. The van der Waals surface area contributed by atoms with Crippen LogP contribution < -0.4 is 4.74 Å².